The Morgan fingerprint density at radius 3 is 2.79 bits per heavy atom. The maximum Gasteiger partial charge on any atom is 0.296 e. The first-order valence-corrected chi connectivity index (χ1v) is 9.95. The smallest absolute Gasteiger partial charge is 0.296 e. The summed E-state index contributed by atoms with van der Waals surface area (Å²) in [6, 6.07) is 5.13. The number of halogens is 2. The van der Waals surface area contributed by atoms with Gasteiger partial charge in [-0.2, -0.15) is 0 Å². The molecule has 1 atom stereocenters. The molecule has 3 heterocycles. The van der Waals surface area contributed by atoms with Gasteiger partial charge in [0, 0.05) is 18.3 Å². The van der Waals surface area contributed by atoms with Crippen molar-refractivity contribution in [2.45, 2.75) is 19.9 Å². The van der Waals surface area contributed by atoms with Crippen LogP contribution < -0.4 is 4.90 Å². The third-order valence-electron chi connectivity index (χ3n) is 4.62. The lowest BCUT2D eigenvalue weighted by Gasteiger charge is -2.24. The van der Waals surface area contributed by atoms with Gasteiger partial charge in [0.1, 0.15) is 5.82 Å². The van der Waals surface area contributed by atoms with Crippen molar-refractivity contribution in [3.05, 3.63) is 64.4 Å². The number of amides is 1. The first-order chi connectivity index (χ1) is 13.8. The molecule has 1 amide bonds. The molecule has 1 aromatic carbocycles. The predicted molar refractivity (Wildman–Crippen MR) is 109 cm³/mol. The Labute approximate surface area is 174 Å². The van der Waals surface area contributed by atoms with E-state index < -0.39 is 29.4 Å². The number of aliphatic hydroxyl groups is 1. The fraction of sp³-hybridized carbons (Fsp3) is 0.200. The number of anilines is 1. The van der Waals surface area contributed by atoms with E-state index in [1.165, 1.54) is 23.2 Å². The van der Waals surface area contributed by atoms with Crippen molar-refractivity contribution in [3.63, 3.8) is 0 Å². The summed E-state index contributed by atoms with van der Waals surface area (Å²) < 4.78 is 14.3. The van der Waals surface area contributed by atoms with E-state index in [0.717, 1.165) is 11.3 Å². The van der Waals surface area contributed by atoms with E-state index in [0.29, 0.717) is 15.8 Å². The van der Waals surface area contributed by atoms with Gasteiger partial charge < -0.3 is 5.11 Å². The number of pyridine rings is 1. The average molecular weight is 432 g/mol. The van der Waals surface area contributed by atoms with Gasteiger partial charge in [-0.15, -0.1) is 0 Å². The van der Waals surface area contributed by atoms with Gasteiger partial charge in [-0.1, -0.05) is 42.9 Å². The summed E-state index contributed by atoms with van der Waals surface area (Å²) in [4.78, 5) is 35.5. The summed E-state index contributed by atoms with van der Waals surface area (Å²) in [6.07, 6.45) is 3.10. The van der Waals surface area contributed by atoms with Gasteiger partial charge in [-0.25, -0.2) is 9.37 Å². The number of carbonyl (C=O) groups excluding carboxylic acids is 2. The first-order valence-electron chi connectivity index (χ1n) is 8.76. The molecule has 0 radical (unpaired) electrons. The van der Waals surface area contributed by atoms with Crippen LogP contribution in [0.25, 0.3) is 10.2 Å². The number of aliphatic hydroxyl groups excluding tert-OH is 1. The molecule has 1 unspecified atom stereocenters. The molecule has 6 nitrogen and oxygen atoms in total. The number of aromatic nitrogens is 2. The second-order valence-corrected chi connectivity index (χ2v) is 8.29. The molecule has 1 aliphatic heterocycles. The molecule has 29 heavy (non-hydrogen) atoms. The molecular formula is C20H15ClFN3O3S. The zero-order chi connectivity index (χ0) is 20.9. The molecule has 1 aliphatic rings. The lowest BCUT2D eigenvalue weighted by atomic mass is 9.92. The highest BCUT2D eigenvalue weighted by Crippen LogP contribution is 2.44. The minimum Gasteiger partial charge on any atom is -0.503 e. The largest absolute Gasteiger partial charge is 0.503 e. The highest BCUT2D eigenvalue weighted by atomic mass is 35.5. The number of rotatable bonds is 4. The Morgan fingerprint density at radius 1 is 1.38 bits per heavy atom. The number of carbonyl (C=O) groups is 2. The van der Waals surface area contributed by atoms with Gasteiger partial charge in [-0.05, 0) is 23.8 Å². The second-order valence-electron chi connectivity index (χ2n) is 6.88. The monoisotopic (exact) mass is 431 g/mol. The summed E-state index contributed by atoms with van der Waals surface area (Å²) in [7, 11) is 0. The van der Waals surface area contributed by atoms with E-state index in [9.17, 15) is 19.1 Å². The molecule has 0 saturated carbocycles. The maximum atomic E-state index is 13.8. The minimum absolute atomic E-state index is 0.00136. The van der Waals surface area contributed by atoms with Crippen molar-refractivity contribution >= 4 is 50.0 Å². The zero-order valence-corrected chi connectivity index (χ0v) is 17.0. The quantitative estimate of drug-likeness (QED) is 0.652. The Kier molecular flexibility index (Phi) is 4.84. The second kappa shape index (κ2) is 7.20. The van der Waals surface area contributed by atoms with E-state index >= 15 is 0 Å². The van der Waals surface area contributed by atoms with Crippen molar-refractivity contribution in [2.75, 3.05) is 4.90 Å². The number of benzene rings is 1. The van der Waals surface area contributed by atoms with Crippen molar-refractivity contribution in [1.82, 2.24) is 9.97 Å². The highest BCUT2D eigenvalue weighted by molar-refractivity contribution is 7.22. The predicted octanol–water partition coefficient (Wildman–Crippen LogP) is 4.61. The SMILES string of the molecule is CC(C)C(=O)C1=C(O)C(=O)N(c2nc3cc(Cl)c(F)cc3s2)C1c1cccnc1. The number of fused-ring (bicyclic) bond motifs is 1. The molecule has 148 valence electrons. The number of thiazole rings is 1. The van der Waals surface area contributed by atoms with E-state index in [2.05, 4.69) is 9.97 Å². The van der Waals surface area contributed by atoms with Crippen LogP contribution in [-0.2, 0) is 9.59 Å². The van der Waals surface area contributed by atoms with Crippen LogP contribution in [-0.4, -0.2) is 26.8 Å². The summed E-state index contributed by atoms with van der Waals surface area (Å²) in [5, 5.41) is 10.7. The standard InChI is InChI=1S/C20H15ClFN3O3S/c1-9(2)17(26)15-16(10-4-3-5-23-8-10)25(19(28)18(15)27)20-24-13-6-11(21)12(22)7-14(13)29-20/h3-9,16,27H,1-2H3. The third-order valence-corrected chi connectivity index (χ3v) is 5.93. The molecule has 0 aliphatic carbocycles. The molecular weight excluding hydrogens is 417 g/mol. The van der Waals surface area contributed by atoms with Gasteiger partial charge in [0.05, 0.1) is 26.9 Å². The third kappa shape index (κ3) is 3.18. The fourth-order valence-electron chi connectivity index (χ4n) is 3.23. The van der Waals surface area contributed by atoms with Gasteiger partial charge in [-0.3, -0.25) is 19.5 Å². The van der Waals surface area contributed by atoms with Crippen LogP contribution in [0.1, 0.15) is 25.5 Å². The number of Topliss-reactive ketones (excluding diaryl/α,β-unsaturated/α-hetero) is 1. The lowest BCUT2D eigenvalue weighted by molar-refractivity contribution is -0.119. The van der Waals surface area contributed by atoms with Crippen LogP contribution in [0.5, 0.6) is 0 Å². The summed E-state index contributed by atoms with van der Waals surface area (Å²) in [5.74, 6) is -2.72. The van der Waals surface area contributed by atoms with Crippen LogP contribution >= 0.6 is 22.9 Å². The van der Waals surface area contributed by atoms with Gasteiger partial charge in [0.15, 0.2) is 16.7 Å². The van der Waals surface area contributed by atoms with Crippen molar-refractivity contribution in [1.29, 1.82) is 0 Å². The minimum atomic E-state index is -0.882. The van der Waals surface area contributed by atoms with Gasteiger partial charge in [0.2, 0.25) is 0 Å². The molecule has 0 spiro atoms. The van der Waals surface area contributed by atoms with Crippen LogP contribution in [0.2, 0.25) is 5.02 Å². The Bertz CT molecular complexity index is 1140. The summed E-state index contributed by atoms with van der Waals surface area (Å²) >= 11 is 6.91. The summed E-state index contributed by atoms with van der Waals surface area (Å²) in [5.41, 5.74) is 0.969. The Balaban J connectivity index is 1.90. The topological polar surface area (TPSA) is 83.4 Å². The average Bonchev–Trinajstić information content (AvgIpc) is 3.20. The normalized spacial score (nSPS) is 17.1. The highest BCUT2D eigenvalue weighted by Gasteiger charge is 2.46. The van der Waals surface area contributed by atoms with E-state index in [4.69, 9.17) is 11.6 Å². The number of hydrogen-bond donors (Lipinski definition) is 1. The maximum absolute atomic E-state index is 13.8. The first kappa shape index (κ1) is 19.5. The molecule has 0 saturated heterocycles. The van der Waals surface area contributed by atoms with Crippen LogP contribution in [0.4, 0.5) is 9.52 Å². The van der Waals surface area contributed by atoms with Crippen LogP contribution in [0, 0.1) is 11.7 Å². The van der Waals surface area contributed by atoms with Gasteiger partial charge in [0.25, 0.3) is 5.91 Å². The van der Waals surface area contributed by atoms with E-state index in [1.54, 1.807) is 32.2 Å². The van der Waals surface area contributed by atoms with Crippen LogP contribution in [0.3, 0.4) is 0 Å². The molecule has 0 bridgehead atoms. The molecule has 3 aromatic rings. The Morgan fingerprint density at radius 2 is 2.14 bits per heavy atom. The molecule has 4 rings (SSSR count). The van der Waals surface area contributed by atoms with E-state index in [1.807, 2.05) is 0 Å². The van der Waals surface area contributed by atoms with Crippen molar-refractivity contribution in [3.8, 4) is 0 Å². The fourth-order valence-corrected chi connectivity index (χ4v) is 4.39. The Hall–Kier alpha value is -2.84. The van der Waals surface area contributed by atoms with Crippen molar-refractivity contribution in [2.24, 2.45) is 5.92 Å². The van der Waals surface area contributed by atoms with E-state index in [-0.39, 0.29) is 21.5 Å². The van der Waals surface area contributed by atoms with Gasteiger partial charge >= 0.3 is 0 Å². The molecule has 0 fully saturated rings. The number of hydrogen-bond acceptors (Lipinski definition) is 6. The summed E-state index contributed by atoms with van der Waals surface area (Å²) in [6.45, 7) is 3.39. The lowest BCUT2D eigenvalue weighted by Crippen LogP contribution is -2.31. The molecule has 9 heteroatoms. The zero-order valence-electron chi connectivity index (χ0n) is 15.4. The van der Waals surface area contributed by atoms with Crippen molar-refractivity contribution < 1.29 is 19.1 Å². The van der Waals surface area contributed by atoms with Crippen LogP contribution in [0.15, 0.2) is 48.0 Å². The molecule has 2 aromatic heterocycles. The number of nitrogens with zero attached hydrogens (tertiary/aromatic N) is 3. The molecule has 1 N–H and O–H groups in total. The number of ketones is 1.